The van der Waals surface area contributed by atoms with Crippen LogP contribution >= 0.6 is 0 Å². The molecule has 0 radical (unpaired) electrons. The van der Waals surface area contributed by atoms with Crippen molar-refractivity contribution in [2.45, 2.75) is 96.2 Å². The van der Waals surface area contributed by atoms with Crippen LogP contribution in [0.4, 0.5) is 4.79 Å². The van der Waals surface area contributed by atoms with E-state index in [0.29, 0.717) is 38.6 Å². The summed E-state index contributed by atoms with van der Waals surface area (Å²) in [7, 11) is -4.12. The van der Waals surface area contributed by atoms with Crippen LogP contribution in [-0.2, 0) is 29.3 Å². The maximum atomic E-state index is 13.6. The Morgan fingerprint density at radius 2 is 1.92 bits per heavy atom. The molecular weight excluding hydrogens is 524 g/mol. The summed E-state index contributed by atoms with van der Waals surface area (Å²) in [5, 5.41) is 2.71. The number of hydrogen-bond acceptors (Lipinski definition) is 7. The minimum atomic E-state index is -4.12. The lowest BCUT2D eigenvalue weighted by Crippen LogP contribution is -2.53. The zero-order valence-electron chi connectivity index (χ0n) is 23.2. The highest BCUT2D eigenvalue weighted by molar-refractivity contribution is 7.88. The molecule has 2 heterocycles. The Morgan fingerprint density at radius 3 is 2.62 bits per heavy atom. The Kier molecular flexibility index (Phi) is 9.98. The lowest BCUT2D eigenvalue weighted by atomic mass is 9.91. The Bertz CT molecular complexity index is 1100. The summed E-state index contributed by atoms with van der Waals surface area (Å²) in [6.45, 7) is 9.01. The smallest absolute Gasteiger partial charge is 0.408 e. The van der Waals surface area contributed by atoms with Gasteiger partial charge in [0, 0.05) is 19.5 Å². The van der Waals surface area contributed by atoms with Crippen molar-refractivity contribution in [2.24, 2.45) is 11.3 Å². The molecule has 0 aromatic heterocycles. The average Bonchev–Trinajstić information content (AvgIpc) is 3.29. The Morgan fingerprint density at radius 1 is 1.18 bits per heavy atom. The number of carbonyl (C=O) groups excluding carboxylic acids is 4. The van der Waals surface area contributed by atoms with Crippen LogP contribution in [0.5, 0.6) is 0 Å². The number of hydrogen-bond donors (Lipinski definition) is 3. The number of amides is 3. The number of ketones is 1. The SMILES string of the molecule is C=CCNS(=O)(=O)NC(=O)[C@]12CC(=O)[C@@H]3CCCN3C(=O)[C@@H](NC(=O)OC(C)(C)C)CCCCC/C=C\[C@@H]1C2. The fourth-order valence-electron chi connectivity index (χ4n) is 5.31. The number of carbonyl (C=O) groups is 4. The van der Waals surface area contributed by atoms with Gasteiger partial charge in [-0.1, -0.05) is 31.1 Å². The summed E-state index contributed by atoms with van der Waals surface area (Å²) in [6, 6.07) is -1.57. The van der Waals surface area contributed by atoms with Gasteiger partial charge < -0.3 is 15.0 Å². The van der Waals surface area contributed by atoms with Crippen molar-refractivity contribution in [1.82, 2.24) is 19.7 Å². The van der Waals surface area contributed by atoms with Crippen LogP contribution in [0.1, 0.15) is 78.6 Å². The Balaban J connectivity index is 1.82. The molecule has 3 N–H and O–H groups in total. The van der Waals surface area contributed by atoms with Crippen molar-refractivity contribution in [3.63, 3.8) is 0 Å². The monoisotopic (exact) mass is 566 g/mol. The van der Waals surface area contributed by atoms with E-state index in [1.165, 1.54) is 11.0 Å². The van der Waals surface area contributed by atoms with Gasteiger partial charge in [0.15, 0.2) is 5.78 Å². The zero-order chi connectivity index (χ0) is 28.8. The first kappa shape index (κ1) is 30.8. The van der Waals surface area contributed by atoms with E-state index in [1.807, 2.05) is 12.2 Å². The fraction of sp³-hybridized carbons (Fsp3) is 0.704. The lowest BCUT2D eigenvalue weighted by Gasteiger charge is -2.30. The Labute approximate surface area is 231 Å². The number of fused-ring (bicyclic) bond motifs is 2. The third kappa shape index (κ3) is 8.38. The van der Waals surface area contributed by atoms with E-state index in [9.17, 15) is 27.6 Å². The topological polar surface area (TPSA) is 151 Å². The second-order valence-electron chi connectivity index (χ2n) is 11.6. The van der Waals surface area contributed by atoms with E-state index in [-0.39, 0.29) is 30.6 Å². The van der Waals surface area contributed by atoms with E-state index in [0.717, 1.165) is 19.3 Å². The standard InChI is InChI=1S/C27H42N4O7S/c1-5-15-28-39(36,37)30-24(34)27-17-19(27)12-9-7-6-8-10-13-20(29-25(35)38-26(2,3)4)23(33)31-16-11-14-21(31)22(32)18-27/h5,9,12,19-21,28H,1,6-8,10-11,13-18H2,2-4H3,(H,29,35)(H,30,34)/b12-9-/t19-,20+,21+,27-/m1/s1. The first-order valence-electron chi connectivity index (χ1n) is 13.7. The molecule has 1 saturated heterocycles. The zero-order valence-corrected chi connectivity index (χ0v) is 24.0. The van der Waals surface area contributed by atoms with Gasteiger partial charge in [0.25, 0.3) is 0 Å². The molecule has 0 unspecified atom stereocenters. The predicted molar refractivity (Wildman–Crippen MR) is 146 cm³/mol. The van der Waals surface area contributed by atoms with Crippen molar-refractivity contribution >= 4 is 33.9 Å². The highest BCUT2D eigenvalue weighted by atomic mass is 32.2. The molecule has 0 bridgehead atoms. The summed E-state index contributed by atoms with van der Waals surface area (Å²) in [6.07, 6.45) is 9.32. The van der Waals surface area contributed by atoms with Crippen LogP contribution in [0.15, 0.2) is 24.8 Å². The van der Waals surface area contributed by atoms with E-state index in [1.54, 1.807) is 20.8 Å². The minimum absolute atomic E-state index is 0.0461. The van der Waals surface area contributed by atoms with Crippen LogP contribution in [0.25, 0.3) is 0 Å². The second-order valence-corrected chi connectivity index (χ2v) is 13.1. The molecule has 39 heavy (non-hydrogen) atoms. The third-order valence-corrected chi connectivity index (χ3v) is 8.35. The highest BCUT2D eigenvalue weighted by Gasteiger charge is 2.61. The average molecular weight is 567 g/mol. The number of nitrogens with one attached hydrogen (secondary N) is 3. The molecule has 0 aromatic rings. The van der Waals surface area contributed by atoms with Gasteiger partial charge in [0.05, 0.1) is 11.5 Å². The van der Waals surface area contributed by atoms with Crippen LogP contribution < -0.4 is 14.8 Å². The molecule has 11 nitrogen and oxygen atoms in total. The third-order valence-electron chi connectivity index (χ3n) is 7.35. The minimum Gasteiger partial charge on any atom is -0.444 e. The van der Waals surface area contributed by atoms with Gasteiger partial charge in [0.1, 0.15) is 11.6 Å². The van der Waals surface area contributed by atoms with E-state index >= 15 is 0 Å². The van der Waals surface area contributed by atoms with Gasteiger partial charge in [0.2, 0.25) is 11.8 Å². The van der Waals surface area contributed by atoms with Crippen LogP contribution in [0, 0.1) is 11.3 Å². The van der Waals surface area contributed by atoms with Gasteiger partial charge in [-0.25, -0.2) is 9.52 Å². The molecular formula is C27H42N4O7S. The summed E-state index contributed by atoms with van der Waals surface area (Å²) in [4.78, 5) is 54.5. The van der Waals surface area contributed by atoms with Crippen molar-refractivity contribution < 1.29 is 32.3 Å². The quantitative estimate of drug-likeness (QED) is 0.418. The molecule has 4 atom stereocenters. The van der Waals surface area contributed by atoms with Crippen LogP contribution in [0.3, 0.4) is 0 Å². The first-order valence-corrected chi connectivity index (χ1v) is 15.2. The number of ether oxygens (including phenoxy) is 1. The molecule has 2 aliphatic heterocycles. The lowest BCUT2D eigenvalue weighted by molar-refractivity contribution is -0.140. The molecule has 0 aromatic carbocycles. The molecule has 0 spiro atoms. The van der Waals surface area contributed by atoms with Gasteiger partial charge in [-0.15, -0.1) is 6.58 Å². The Hall–Kier alpha value is -2.73. The van der Waals surface area contributed by atoms with Gasteiger partial charge in [-0.2, -0.15) is 13.1 Å². The molecule has 218 valence electrons. The maximum Gasteiger partial charge on any atom is 0.408 e. The van der Waals surface area contributed by atoms with E-state index < -0.39 is 45.3 Å². The first-order chi connectivity index (χ1) is 18.3. The predicted octanol–water partition coefficient (Wildman–Crippen LogP) is 2.49. The molecule has 2 fully saturated rings. The number of allylic oxidation sites excluding steroid dienone is 2. The summed E-state index contributed by atoms with van der Waals surface area (Å²) < 4.78 is 34.3. The number of nitrogens with zero attached hydrogens (tertiary/aromatic N) is 1. The van der Waals surface area contributed by atoms with Gasteiger partial charge in [-0.05, 0) is 65.2 Å². The van der Waals surface area contributed by atoms with E-state index in [2.05, 4.69) is 21.3 Å². The fourth-order valence-corrected chi connectivity index (χ4v) is 6.16. The van der Waals surface area contributed by atoms with Crippen molar-refractivity contribution in [3.8, 4) is 0 Å². The summed E-state index contributed by atoms with van der Waals surface area (Å²) in [5.41, 5.74) is -1.92. The molecule has 3 rings (SSSR count). The normalized spacial score (nSPS) is 29.2. The molecule has 1 saturated carbocycles. The number of alkyl carbamates (subject to hydrolysis) is 1. The van der Waals surface area contributed by atoms with Crippen LogP contribution in [-0.4, -0.2) is 67.8 Å². The van der Waals surface area contributed by atoms with Crippen molar-refractivity contribution in [2.75, 3.05) is 13.1 Å². The molecule has 1 aliphatic carbocycles. The maximum absolute atomic E-state index is 13.6. The number of rotatable bonds is 6. The summed E-state index contributed by atoms with van der Waals surface area (Å²) >= 11 is 0. The van der Waals surface area contributed by atoms with Crippen LogP contribution in [0.2, 0.25) is 0 Å². The van der Waals surface area contributed by atoms with Crippen molar-refractivity contribution in [3.05, 3.63) is 24.8 Å². The second kappa shape index (κ2) is 12.6. The largest absolute Gasteiger partial charge is 0.444 e. The number of Topliss-reactive ketones (excluding diaryl/α,β-unsaturated/α-hetero) is 1. The van der Waals surface area contributed by atoms with Gasteiger partial charge >= 0.3 is 16.3 Å². The molecule has 3 amide bonds. The highest BCUT2D eigenvalue weighted by Crippen LogP contribution is 2.57. The van der Waals surface area contributed by atoms with Crippen molar-refractivity contribution in [1.29, 1.82) is 0 Å². The summed E-state index contributed by atoms with van der Waals surface area (Å²) in [5.74, 6) is -1.62. The molecule has 3 aliphatic rings. The van der Waals surface area contributed by atoms with E-state index in [4.69, 9.17) is 4.74 Å². The molecule has 12 heteroatoms. The van der Waals surface area contributed by atoms with Gasteiger partial charge in [-0.3, -0.25) is 14.4 Å².